The summed E-state index contributed by atoms with van der Waals surface area (Å²) >= 11 is 3.34. The van der Waals surface area contributed by atoms with E-state index in [0.29, 0.717) is 17.9 Å². The lowest BCUT2D eigenvalue weighted by Crippen LogP contribution is -2.47. The number of hydrogen-bond donors (Lipinski definition) is 2. The van der Waals surface area contributed by atoms with Gasteiger partial charge in [0.05, 0.1) is 6.61 Å². The SMILES string of the molecule is COCc1ccccc1C(=O)NNC(=O)C(C)Oc1cccc(Br)c1. The molecule has 2 aromatic rings. The molecule has 0 radical (unpaired) electrons. The zero-order valence-electron chi connectivity index (χ0n) is 13.9. The Labute approximate surface area is 154 Å². The molecule has 0 aliphatic heterocycles. The Bertz CT molecular complexity index is 751. The van der Waals surface area contributed by atoms with Crippen molar-refractivity contribution in [3.05, 3.63) is 64.1 Å². The van der Waals surface area contributed by atoms with Crippen LogP contribution in [0.5, 0.6) is 5.75 Å². The molecule has 2 N–H and O–H groups in total. The number of methoxy groups -OCH3 is 1. The van der Waals surface area contributed by atoms with Gasteiger partial charge in [0.25, 0.3) is 11.8 Å². The van der Waals surface area contributed by atoms with Crippen molar-refractivity contribution >= 4 is 27.7 Å². The Hall–Kier alpha value is -2.38. The summed E-state index contributed by atoms with van der Waals surface area (Å²) in [5, 5.41) is 0. The number of hydrazine groups is 1. The number of carbonyl (C=O) groups excluding carboxylic acids is 2. The molecule has 0 aliphatic rings. The first-order valence-corrected chi connectivity index (χ1v) is 8.40. The molecule has 0 aliphatic carbocycles. The van der Waals surface area contributed by atoms with Crippen molar-refractivity contribution in [2.45, 2.75) is 19.6 Å². The summed E-state index contributed by atoms with van der Waals surface area (Å²) in [7, 11) is 1.55. The van der Waals surface area contributed by atoms with Gasteiger partial charge in [0.15, 0.2) is 6.10 Å². The second kappa shape index (κ2) is 9.19. The first kappa shape index (κ1) is 19.0. The van der Waals surface area contributed by atoms with Crippen molar-refractivity contribution < 1.29 is 19.1 Å². The van der Waals surface area contributed by atoms with Crippen LogP contribution in [-0.4, -0.2) is 25.0 Å². The van der Waals surface area contributed by atoms with Crippen molar-refractivity contribution in [2.24, 2.45) is 0 Å². The van der Waals surface area contributed by atoms with Crippen LogP contribution >= 0.6 is 15.9 Å². The van der Waals surface area contributed by atoms with E-state index in [0.717, 1.165) is 10.0 Å². The molecule has 2 rings (SSSR count). The molecule has 1 unspecified atom stereocenters. The third-order valence-electron chi connectivity index (χ3n) is 3.34. The van der Waals surface area contributed by atoms with Crippen LogP contribution in [-0.2, 0) is 16.1 Å². The van der Waals surface area contributed by atoms with Crippen LogP contribution in [0.1, 0.15) is 22.8 Å². The number of benzene rings is 2. The summed E-state index contributed by atoms with van der Waals surface area (Å²) < 4.78 is 11.5. The second-order valence-electron chi connectivity index (χ2n) is 5.25. The molecule has 6 nitrogen and oxygen atoms in total. The van der Waals surface area contributed by atoms with Crippen molar-refractivity contribution in [3.63, 3.8) is 0 Å². The fourth-order valence-electron chi connectivity index (χ4n) is 2.11. The van der Waals surface area contributed by atoms with Crippen molar-refractivity contribution in [3.8, 4) is 5.75 Å². The summed E-state index contributed by atoms with van der Waals surface area (Å²) in [4.78, 5) is 24.3. The monoisotopic (exact) mass is 406 g/mol. The molecule has 132 valence electrons. The fourth-order valence-corrected chi connectivity index (χ4v) is 2.49. The third kappa shape index (κ3) is 5.58. The van der Waals surface area contributed by atoms with Gasteiger partial charge in [-0.25, -0.2) is 0 Å². The highest BCUT2D eigenvalue weighted by molar-refractivity contribution is 9.10. The smallest absolute Gasteiger partial charge is 0.279 e. The van der Waals surface area contributed by atoms with Gasteiger partial charge in [-0.1, -0.05) is 40.2 Å². The van der Waals surface area contributed by atoms with Gasteiger partial charge in [-0.3, -0.25) is 20.4 Å². The Kier molecular flexibility index (Phi) is 6.97. The van der Waals surface area contributed by atoms with E-state index in [2.05, 4.69) is 26.8 Å². The van der Waals surface area contributed by atoms with Gasteiger partial charge in [-0.15, -0.1) is 0 Å². The summed E-state index contributed by atoms with van der Waals surface area (Å²) in [5.41, 5.74) is 5.93. The summed E-state index contributed by atoms with van der Waals surface area (Å²) in [6.07, 6.45) is -0.774. The number of nitrogens with one attached hydrogen (secondary N) is 2. The largest absolute Gasteiger partial charge is 0.481 e. The summed E-state index contributed by atoms with van der Waals surface area (Å²) in [6.45, 7) is 1.90. The number of rotatable bonds is 6. The van der Waals surface area contributed by atoms with E-state index in [1.807, 2.05) is 12.1 Å². The minimum atomic E-state index is -0.774. The fraction of sp³-hybridized carbons (Fsp3) is 0.222. The van der Waals surface area contributed by atoms with Crippen molar-refractivity contribution in [1.82, 2.24) is 10.9 Å². The average Bonchev–Trinajstić information content (AvgIpc) is 2.60. The Morgan fingerprint density at radius 1 is 1.12 bits per heavy atom. The maximum absolute atomic E-state index is 12.2. The minimum absolute atomic E-state index is 0.305. The Morgan fingerprint density at radius 3 is 2.60 bits per heavy atom. The Morgan fingerprint density at radius 2 is 1.88 bits per heavy atom. The van der Waals surface area contributed by atoms with E-state index in [4.69, 9.17) is 9.47 Å². The molecule has 0 heterocycles. The highest BCUT2D eigenvalue weighted by Crippen LogP contribution is 2.18. The predicted molar refractivity (Wildman–Crippen MR) is 97.0 cm³/mol. The number of amides is 2. The van der Waals surface area contributed by atoms with Crippen LogP contribution in [0, 0.1) is 0 Å². The molecule has 0 fully saturated rings. The van der Waals surface area contributed by atoms with E-state index in [1.165, 1.54) is 0 Å². The lowest BCUT2D eigenvalue weighted by Gasteiger charge is -2.16. The molecule has 7 heteroatoms. The van der Waals surface area contributed by atoms with Crippen LogP contribution in [0.4, 0.5) is 0 Å². The molecule has 0 spiro atoms. The van der Waals surface area contributed by atoms with Crippen molar-refractivity contribution in [2.75, 3.05) is 7.11 Å². The molecule has 2 amide bonds. The number of carbonyl (C=O) groups is 2. The van der Waals surface area contributed by atoms with E-state index in [1.54, 1.807) is 50.4 Å². The maximum atomic E-state index is 12.2. The van der Waals surface area contributed by atoms with Crippen LogP contribution < -0.4 is 15.6 Å². The first-order chi connectivity index (χ1) is 12.0. The van der Waals surface area contributed by atoms with Gasteiger partial charge in [-0.2, -0.15) is 0 Å². The van der Waals surface area contributed by atoms with Crippen LogP contribution in [0.15, 0.2) is 53.0 Å². The molecule has 1 atom stereocenters. The highest BCUT2D eigenvalue weighted by atomic mass is 79.9. The Balaban J connectivity index is 1.91. The zero-order chi connectivity index (χ0) is 18.2. The topological polar surface area (TPSA) is 76.7 Å². The van der Waals surface area contributed by atoms with Gasteiger partial charge in [0.1, 0.15) is 5.75 Å². The lowest BCUT2D eigenvalue weighted by atomic mass is 10.1. The van der Waals surface area contributed by atoms with E-state index in [-0.39, 0.29) is 0 Å². The number of halogens is 1. The average molecular weight is 407 g/mol. The summed E-state index contributed by atoms with van der Waals surface area (Å²) in [5.74, 6) is -0.331. The van der Waals surface area contributed by atoms with Crippen LogP contribution in [0.2, 0.25) is 0 Å². The third-order valence-corrected chi connectivity index (χ3v) is 3.83. The van der Waals surface area contributed by atoms with Gasteiger partial charge in [-0.05, 0) is 36.8 Å². The van der Waals surface area contributed by atoms with E-state index in [9.17, 15) is 9.59 Å². The highest BCUT2D eigenvalue weighted by Gasteiger charge is 2.17. The lowest BCUT2D eigenvalue weighted by molar-refractivity contribution is -0.128. The molecular weight excluding hydrogens is 388 g/mol. The standard InChI is InChI=1S/C18H19BrN2O4/c1-12(25-15-8-5-7-14(19)10-15)17(22)20-21-18(23)16-9-4-3-6-13(16)11-24-2/h3-10,12H,11H2,1-2H3,(H,20,22)(H,21,23). The molecule has 0 saturated carbocycles. The van der Waals surface area contributed by atoms with E-state index >= 15 is 0 Å². The summed E-state index contributed by atoms with van der Waals surface area (Å²) in [6, 6.07) is 14.2. The molecule has 25 heavy (non-hydrogen) atoms. The van der Waals surface area contributed by atoms with Gasteiger partial charge >= 0.3 is 0 Å². The normalized spacial score (nSPS) is 11.5. The second-order valence-corrected chi connectivity index (χ2v) is 6.17. The quantitative estimate of drug-likeness (QED) is 0.723. The molecule has 0 bridgehead atoms. The first-order valence-electron chi connectivity index (χ1n) is 7.60. The van der Waals surface area contributed by atoms with Crippen molar-refractivity contribution in [1.29, 1.82) is 0 Å². The number of hydrogen-bond acceptors (Lipinski definition) is 4. The van der Waals surface area contributed by atoms with Crippen LogP contribution in [0.3, 0.4) is 0 Å². The van der Waals surface area contributed by atoms with Gasteiger partial charge < -0.3 is 9.47 Å². The molecular formula is C18H19BrN2O4. The molecule has 0 saturated heterocycles. The maximum Gasteiger partial charge on any atom is 0.279 e. The van der Waals surface area contributed by atoms with Gasteiger partial charge in [0, 0.05) is 17.1 Å². The molecule has 0 aromatic heterocycles. The minimum Gasteiger partial charge on any atom is -0.481 e. The zero-order valence-corrected chi connectivity index (χ0v) is 15.5. The van der Waals surface area contributed by atoms with Crippen LogP contribution in [0.25, 0.3) is 0 Å². The van der Waals surface area contributed by atoms with E-state index < -0.39 is 17.9 Å². The predicted octanol–water partition coefficient (Wildman–Crippen LogP) is 2.82. The molecule has 2 aromatic carbocycles. The van der Waals surface area contributed by atoms with Gasteiger partial charge in [0.2, 0.25) is 0 Å². The number of ether oxygens (including phenoxy) is 2.